The topological polar surface area (TPSA) is 82.7 Å². The fourth-order valence-corrected chi connectivity index (χ4v) is 3.63. The van der Waals surface area contributed by atoms with Crippen LogP contribution >= 0.6 is 0 Å². The van der Waals surface area contributed by atoms with Crippen LogP contribution in [0.3, 0.4) is 0 Å². The molecule has 1 aromatic rings. The van der Waals surface area contributed by atoms with Crippen LogP contribution in [0.25, 0.3) is 0 Å². The number of hydrogen-bond donors (Lipinski definition) is 3. The van der Waals surface area contributed by atoms with E-state index < -0.39 is 0 Å². The molecule has 2 atom stereocenters. The average molecular weight is 344 g/mol. The molecule has 3 fully saturated rings. The number of urea groups is 2. The second-order valence-electron chi connectivity index (χ2n) is 6.98. The zero-order valence-corrected chi connectivity index (χ0v) is 14.2. The number of carbonyl (C=O) groups excluding carboxylic acids is 2. The van der Waals surface area contributed by atoms with Crippen LogP contribution in [0.5, 0.6) is 0 Å². The molecule has 2 aliphatic heterocycles. The van der Waals surface area contributed by atoms with Crippen molar-refractivity contribution in [2.75, 3.05) is 25.0 Å². The minimum absolute atomic E-state index is 0.0605. The summed E-state index contributed by atoms with van der Waals surface area (Å²) in [6.45, 7) is 2.55. The van der Waals surface area contributed by atoms with E-state index in [1.54, 1.807) is 4.90 Å². The maximum absolute atomic E-state index is 12.4. The third-order valence-electron chi connectivity index (χ3n) is 5.11. The molecule has 3 aliphatic rings. The van der Waals surface area contributed by atoms with E-state index in [1.807, 2.05) is 24.3 Å². The van der Waals surface area contributed by atoms with Crippen molar-refractivity contribution < 1.29 is 14.3 Å². The van der Waals surface area contributed by atoms with Gasteiger partial charge in [-0.25, -0.2) is 9.59 Å². The van der Waals surface area contributed by atoms with E-state index in [-0.39, 0.29) is 24.2 Å². The Hall–Kier alpha value is -2.28. The van der Waals surface area contributed by atoms with E-state index in [9.17, 15) is 9.59 Å². The summed E-state index contributed by atoms with van der Waals surface area (Å²) in [5, 5.41) is 8.80. The average Bonchev–Trinajstić information content (AvgIpc) is 3.21. The zero-order valence-electron chi connectivity index (χ0n) is 14.2. The fraction of sp³-hybridized carbons (Fsp3) is 0.556. The molecule has 0 aromatic heterocycles. The van der Waals surface area contributed by atoms with Crippen molar-refractivity contribution >= 4 is 17.7 Å². The largest absolute Gasteiger partial charge is 0.376 e. The predicted octanol–water partition coefficient (Wildman–Crippen LogP) is 1.90. The highest BCUT2D eigenvalue weighted by Crippen LogP contribution is 2.38. The van der Waals surface area contributed by atoms with E-state index in [0.717, 1.165) is 17.7 Å². The molecular weight excluding hydrogens is 320 g/mol. The number of amides is 4. The molecule has 134 valence electrons. The van der Waals surface area contributed by atoms with Gasteiger partial charge in [0.15, 0.2) is 0 Å². The van der Waals surface area contributed by atoms with Gasteiger partial charge in [-0.2, -0.15) is 0 Å². The van der Waals surface area contributed by atoms with Crippen molar-refractivity contribution in [1.29, 1.82) is 0 Å². The van der Waals surface area contributed by atoms with Gasteiger partial charge in [-0.05, 0) is 36.8 Å². The molecule has 0 spiro atoms. The number of anilines is 1. The number of hydrogen-bond acceptors (Lipinski definition) is 3. The van der Waals surface area contributed by atoms with Crippen molar-refractivity contribution in [1.82, 2.24) is 15.5 Å². The summed E-state index contributed by atoms with van der Waals surface area (Å²) >= 11 is 0. The number of para-hydroxylation sites is 1. The molecule has 7 nitrogen and oxygen atoms in total. The highest BCUT2D eigenvalue weighted by Gasteiger charge is 2.41. The molecule has 1 saturated carbocycles. The second kappa shape index (κ2) is 6.92. The first-order chi connectivity index (χ1) is 12.2. The maximum Gasteiger partial charge on any atom is 0.319 e. The Morgan fingerprint density at radius 2 is 2.12 bits per heavy atom. The number of nitrogens with zero attached hydrogens (tertiary/aromatic N) is 1. The summed E-state index contributed by atoms with van der Waals surface area (Å²) in [6, 6.07) is 7.42. The monoisotopic (exact) mass is 344 g/mol. The highest BCUT2D eigenvalue weighted by atomic mass is 16.5. The van der Waals surface area contributed by atoms with Crippen molar-refractivity contribution in [3.8, 4) is 0 Å². The summed E-state index contributed by atoms with van der Waals surface area (Å²) < 4.78 is 5.77. The molecule has 25 heavy (non-hydrogen) atoms. The van der Waals surface area contributed by atoms with E-state index >= 15 is 0 Å². The number of ether oxygens (including phenoxy) is 1. The van der Waals surface area contributed by atoms with Gasteiger partial charge < -0.3 is 25.6 Å². The summed E-state index contributed by atoms with van der Waals surface area (Å²) in [5.74, 6) is 0.605. The SMILES string of the molecule is O=C(Nc1ccccc1CN1CCNC1=O)N[C@H]1CCO[C@H]1C1CC1. The van der Waals surface area contributed by atoms with Crippen LogP contribution in [0.2, 0.25) is 0 Å². The van der Waals surface area contributed by atoms with Crippen LogP contribution in [0, 0.1) is 5.92 Å². The third kappa shape index (κ3) is 3.71. The van der Waals surface area contributed by atoms with Gasteiger partial charge in [-0.15, -0.1) is 0 Å². The first kappa shape index (κ1) is 16.2. The van der Waals surface area contributed by atoms with Crippen LogP contribution in [-0.4, -0.2) is 48.8 Å². The molecule has 7 heteroatoms. The quantitative estimate of drug-likeness (QED) is 0.763. The van der Waals surface area contributed by atoms with Crippen LogP contribution in [-0.2, 0) is 11.3 Å². The molecule has 2 heterocycles. The summed E-state index contributed by atoms with van der Waals surface area (Å²) in [5.41, 5.74) is 1.66. The van der Waals surface area contributed by atoms with Gasteiger partial charge in [-0.3, -0.25) is 0 Å². The molecule has 4 amide bonds. The maximum atomic E-state index is 12.4. The van der Waals surface area contributed by atoms with Gasteiger partial charge in [0.1, 0.15) is 0 Å². The van der Waals surface area contributed by atoms with Crippen molar-refractivity contribution in [3.63, 3.8) is 0 Å². The lowest BCUT2D eigenvalue weighted by molar-refractivity contribution is 0.0829. The first-order valence-electron chi connectivity index (χ1n) is 9.00. The Kier molecular flexibility index (Phi) is 4.48. The van der Waals surface area contributed by atoms with E-state index in [4.69, 9.17) is 4.74 Å². The minimum Gasteiger partial charge on any atom is -0.376 e. The Labute approximate surface area is 147 Å². The molecule has 2 saturated heterocycles. The molecular formula is C18H24N4O3. The number of carbonyl (C=O) groups is 2. The smallest absolute Gasteiger partial charge is 0.319 e. The van der Waals surface area contributed by atoms with E-state index in [1.165, 1.54) is 12.8 Å². The second-order valence-corrected chi connectivity index (χ2v) is 6.98. The van der Waals surface area contributed by atoms with Crippen LogP contribution in [0.1, 0.15) is 24.8 Å². The standard InChI is InChI=1S/C18H24N4O3/c23-17(21-15-7-10-25-16(15)12-5-6-12)20-14-4-2-1-3-13(14)11-22-9-8-19-18(22)24/h1-4,12,15-16H,5-11H2,(H,19,24)(H2,20,21,23)/t15-,16-/m0/s1. The Morgan fingerprint density at radius 1 is 1.28 bits per heavy atom. The van der Waals surface area contributed by atoms with Gasteiger partial charge in [0, 0.05) is 31.9 Å². The lowest BCUT2D eigenvalue weighted by atomic mass is 10.1. The Morgan fingerprint density at radius 3 is 2.88 bits per heavy atom. The summed E-state index contributed by atoms with van der Waals surface area (Å²) in [4.78, 5) is 25.9. The van der Waals surface area contributed by atoms with Gasteiger partial charge in [-0.1, -0.05) is 18.2 Å². The summed E-state index contributed by atoms with van der Waals surface area (Å²) in [7, 11) is 0. The normalized spacial score (nSPS) is 25.8. The van der Waals surface area contributed by atoms with E-state index in [0.29, 0.717) is 32.2 Å². The van der Waals surface area contributed by atoms with Crippen LogP contribution < -0.4 is 16.0 Å². The fourth-order valence-electron chi connectivity index (χ4n) is 3.63. The molecule has 0 radical (unpaired) electrons. The lowest BCUT2D eigenvalue weighted by Crippen LogP contribution is -2.43. The molecule has 0 unspecified atom stereocenters. The molecule has 0 bridgehead atoms. The van der Waals surface area contributed by atoms with Crippen LogP contribution in [0.4, 0.5) is 15.3 Å². The summed E-state index contributed by atoms with van der Waals surface area (Å²) in [6.07, 6.45) is 3.43. The first-order valence-corrected chi connectivity index (χ1v) is 9.00. The van der Waals surface area contributed by atoms with Crippen molar-refractivity contribution in [2.45, 2.75) is 38.0 Å². The number of nitrogens with one attached hydrogen (secondary N) is 3. The van der Waals surface area contributed by atoms with Gasteiger partial charge in [0.2, 0.25) is 0 Å². The Bertz CT molecular complexity index is 661. The predicted molar refractivity (Wildman–Crippen MR) is 93.3 cm³/mol. The van der Waals surface area contributed by atoms with E-state index in [2.05, 4.69) is 16.0 Å². The van der Waals surface area contributed by atoms with Crippen LogP contribution in [0.15, 0.2) is 24.3 Å². The number of rotatable bonds is 5. The molecule has 1 aromatic carbocycles. The third-order valence-corrected chi connectivity index (χ3v) is 5.11. The molecule has 1 aliphatic carbocycles. The van der Waals surface area contributed by atoms with Crippen molar-refractivity contribution in [3.05, 3.63) is 29.8 Å². The Balaban J connectivity index is 1.38. The minimum atomic E-state index is -0.209. The highest BCUT2D eigenvalue weighted by molar-refractivity contribution is 5.90. The van der Waals surface area contributed by atoms with Crippen molar-refractivity contribution in [2.24, 2.45) is 5.92 Å². The van der Waals surface area contributed by atoms with Gasteiger partial charge in [0.05, 0.1) is 12.1 Å². The van der Waals surface area contributed by atoms with Gasteiger partial charge >= 0.3 is 12.1 Å². The molecule has 4 rings (SSSR count). The molecule has 3 N–H and O–H groups in total. The zero-order chi connectivity index (χ0) is 17.2. The number of benzene rings is 1. The lowest BCUT2D eigenvalue weighted by Gasteiger charge is -2.21. The van der Waals surface area contributed by atoms with Gasteiger partial charge in [0.25, 0.3) is 0 Å².